The minimum Gasteiger partial charge on any atom is -0.445 e. The lowest BCUT2D eigenvalue weighted by molar-refractivity contribution is -0.165. The molecule has 0 radical (unpaired) electrons. The maximum absolute atomic E-state index is 12.0. The van der Waals surface area contributed by atoms with Gasteiger partial charge in [-0.3, -0.25) is 4.79 Å². The zero-order valence-corrected chi connectivity index (χ0v) is 11.0. The van der Waals surface area contributed by atoms with Crippen molar-refractivity contribution in [1.82, 2.24) is 0 Å². The van der Waals surface area contributed by atoms with Gasteiger partial charge in [0.05, 0.1) is 5.41 Å². The van der Waals surface area contributed by atoms with E-state index in [4.69, 9.17) is 4.74 Å². The summed E-state index contributed by atoms with van der Waals surface area (Å²) in [7, 11) is 0. The van der Waals surface area contributed by atoms with Crippen LogP contribution in [0, 0.1) is 23.2 Å². The quantitative estimate of drug-likeness (QED) is 0.539. The number of hydrogen-bond donors (Lipinski definition) is 0. The van der Waals surface area contributed by atoms with E-state index in [2.05, 4.69) is 11.8 Å². The van der Waals surface area contributed by atoms with Crippen molar-refractivity contribution in [3.05, 3.63) is 0 Å². The zero-order chi connectivity index (χ0) is 12.4. The van der Waals surface area contributed by atoms with Crippen molar-refractivity contribution < 1.29 is 9.53 Å². The van der Waals surface area contributed by atoms with Gasteiger partial charge in [-0.05, 0) is 47.0 Å². The molecule has 16 heavy (non-hydrogen) atoms. The Labute approximate surface area is 98.8 Å². The van der Waals surface area contributed by atoms with Crippen LogP contribution in [0.3, 0.4) is 0 Å². The van der Waals surface area contributed by atoms with Gasteiger partial charge in [0.15, 0.2) is 5.60 Å². The molecule has 0 spiro atoms. The van der Waals surface area contributed by atoms with Crippen LogP contribution in [0.5, 0.6) is 0 Å². The summed E-state index contributed by atoms with van der Waals surface area (Å²) in [6.45, 7) is 9.56. The summed E-state index contributed by atoms with van der Waals surface area (Å²) in [6, 6.07) is 0. The van der Waals surface area contributed by atoms with Crippen LogP contribution >= 0.6 is 0 Å². The Morgan fingerprint density at radius 3 is 2.31 bits per heavy atom. The Morgan fingerprint density at radius 2 is 1.94 bits per heavy atom. The summed E-state index contributed by atoms with van der Waals surface area (Å²) >= 11 is 0. The third kappa shape index (κ3) is 2.78. The molecule has 0 aromatic carbocycles. The Morgan fingerprint density at radius 1 is 1.38 bits per heavy atom. The van der Waals surface area contributed by atoms with Crippen molar-refractivity contribution in [2.45, 2.75) is 59.5 Å². The first-order chi connectivity index (χ1) is 7.35. The van der Waals surface area contributed by atoms with E-state index in [-0.39, 0.29) is 5.97 Å². The molecule has 1 aliphatic carbocycles. The van der Waals surface area contributed by atoms with Crippen LogP contribution < -0.4 is 0 Å². The summed E-state index contributed by atoms with van der Waals surface area (Å²) in [5.74, 6) is 6.23. The number of hydrogen-bond acceptors (Lipinski definition) is 2. The molecule has 1 rings (SSSR count). The van der Waals surface area contributed by atoms with Crippen molar-refractivity contribution in [2.75, 3.05) is 0 Å². The number of esters is 1. The number of ether oxygens (including phenoxy) is 1. The molecular weight excluding hydrogens is 200 g/mol. The van der Waals surface area contributed by atoms with Crippen LogP contribution in [0.4, 0.5) is 0 Å². The summed E-state index contributed by atoms with van der Waals surface area (Å²) < 4.78 is 5.65. The van der Waals surface area contributed by atoms with Gasteiger partial charge in [-0.1, -0.05) is 12.8 Å². The van der Waals surface area contributed by atoms with Gasteiger partial charge < -0.3 is 4.74 Å². The van der Waals surface area contributed by atoms with Crippen LogP contribution in [0.2, 0.25) is 0 Å². The Hall–Kier alpha value is -0.970. The van der Waals surface area contributed by atoms with Crippen LogP contribution in [0.25, 0.3) is 0 Å². The molecule has 0 heterocycles. The Bertz CT molecular complexity index is 328. The van der Waals surface area contributed by atoms with E-state index in [1.54, 1.807) is 6.92 Å². The molecular formula is C14H22O2. The van der Waals surface area contributed by atoms with Crippen LogP contribution in [0.15, 0.2) is 0 Å². The lowest BCUT2D eigenvalue weighted by atomic mass is 9.90. The monoisotopic (exact) mass is 222 g/mol. The zero-order valence-electron chi connectivity index (χ0n) is 11.0. The molecule has 90 valence electrons. The number of rotatable bonds is 4. The standard InChI is InChI=1S/C14H22O2/c1-6-10-14(5,11-8-9-11)16-12(15)13(3,4)7-2/h11H,7-9H2,1-5H3. The molecule has 2 nitrogen and oxygen atoms in total. The number of carbonyl (C=O) groups is 1. The molecule has 1 saturated carbocycles. The van der Waals surface area contributed by atoms with Crippen LogP contribution in [-0.2, 0) is 9.53 Å². The first-order valence-electron chi connectivity index (χ1n) is 6.03. The van der Waals surface area contributed by atoms with Crippen molar-refractivity contribution in [3.8, 4) is 11.8 Å². The molecule has 1 fully saturated rings. The highest BCUT2D eigenvalue weighted by Crippen LogP contribution is 2.42. The van der Waals surface area contributed by atoms with Crippen LogP contribution in [-0.4, -0.2) is 11.6 Å². The Kier molecular flexibility index (Phi) is 3.68. The maximum atomic E-state index is 12.0. The average Bonchev–Trinajstić information content (AvgIpc) is 3.01. The molecule has 1 unspecified atom stereocenters. The van der Waals surface area contributed by atoms with E-state index >= 15 is 0 Å². The third-order valence-electron chi connectivity index (χ3n) is 3.47. The number of carbonyl (C=O) groups excluding carboxylic acids is 1. The summed E-state index contributed by atoms with van der Waals surface area (Å²) in [5.41, 5.74) is -0.982. The first-order valence-corrected chi connectivity index (χ1v) is 6.03. The second kappa shape index (κ2) is 4.49. The van der Waals surface area contributed by atoms with Gasteiger partial charge in [-0.2, -0.15) is 0 Å². The predicted octanol–water partition coefficient (Wildman–Crippen LogP) is 3.16. The highest BCUT2D eigenvalue weighted by Gasteiger charge is 2.45. The van der Waals surface area contributed by atoms with Gasteiger partial charge in [-0.15, -0.1) is 5.92 Å². The lowest BCUT2D eigenvalue weighted by Gasteiger charge is -2.29. The van der Waals surface area contributed by atoms with Gasteiger partial charge in [0.1, 0.15) is 0 Å². The van der Waals surface area contributed by atoms with E-state index in [1.165, 1.54) is 0 Å². The first kappa shape index (κ1) is 13.1. The van der Waals surface area contributed by atoms with E-state index < -0.39 is 11.0 Å². The van der Waals surface area contributed by atoms with Gasteiger partial charge in [0.25, 0.3) is 0 Å². The molecule has 1 atom stereocenters. The lowest BCUT2D eigenvalue weighted by Crippen LogP contribution is -2.38. The van der Waals surface area contributed by atoms with Crippen molar-refractivity contribution in [2.24, 2.45) is 11.3 Å². The molecule has 0 amide bonds. The molecule has 2 heteroatoms. The van der Waals surface area contributed by atoms with E-state index in [9.17, 15) is 4.79 Å². The molecule has 0 bridgehead atoms. The smallest absolute Gasteiger partial charge is 0.313 e. The summed E-state index contributed by atoms with van der Waals surface area (Å²) in [5, 5.41) is 0. The molecule has 0 saturated heterocycles. The second-order valence-corrected chi connectivity index (χ2v) is 5.38. The average molecular weight is 222 g/mol. The topological polar surface area (TPSA) is 26.3 Å². The summed E-state index contributed by atoms with van der Waals surface area (Å²) in [4.78, 5) is 12.0. The fourth-order valence-electron chi connectivity index (χ4n) is 1.57. The predicted molar refractivity (Wildman–Crippen MR) is 64.7 cm³/mol. The molecule has 0 aromatic rings. The van der Waals surface area contributed by atoms with Gasteiger partial charge in [0, 0.05) is 5.92 Å². The minimum atomic E-state index is -0.571. The fourth-order valence-corrected chi connectivity index (χ4v) is 1.57. The third-order valence-corrected chi connectivity index (χ3v) is 3.47. The second-order valence-electron chi connectivity index (χ2n) is 5.38. The van der Waals surface area contributed by atoms with Crippen LogP contribution in [0.1, 0.15) is 53.9 Å². The fraction of sp³-hybridized carbons (Fsp3) is 0.786. The molecule has 0 aliphatic heterocycles. The van der Waals surface area contributed by atoms with Crippen molar-refractivity contribution in [3.63, 3.8) is 0 Å². The van der Waals surface area contributed by atoms with Crippen molar-refractivity contribution in [1.29, 1.82) is 0 Å². The minimum absolute atomic E-state index is 0.132. The highest BCUT2D eigenvalue weighted by molar-refractivity contribution is 5.76. The molecule has 1 aliphatic rings. The van der Waals surface area contributed by atoms with Gasteiger partial charge in [0.2, 0.25) is 0 Å². The SMILES string of the molecule is CC#CC(C)(OC(=O)C(C)(C)CC)C1CC1. The van der Waals surface area contributed by atoms with Crippen molar-refractivity contribution >= 4 is 5.97 Å². The van der Waals surface area contributed by atoms with E-state index in [1.807, 2.05) is 27.7 Å². The highest BCUT2D eigenvalue weighted by atomic mass is 16.6. The molecule has 0 N–H and O–H groups in total. The largest absolute Gasteiger partial charge is 0.445 e. The maximum Gasteiger partial charge on any atom is 0.313 e. The van der Waals surface area contributed by atoms with E-state index in [0.29, 0.717) is 5.92 Å². The van der Waals surface area contributed by atoms with Gasteiger partial charge in [-0.25, -0.2) is 0 Å². The van der Waals surface area contributed by atoms with E-state index in [0.717, 1.165) is 19.3 Å². The summed E-state index contributed by atoms with van der Waals surface area (Å²) in [6.07, 6.45) is 3.02. The normalized spacial score (nSPS) is 19.3. The van der Waals surface area contributed by atoms with Gasteiger partial charge >= 0.3 is 5.97 Å². The Balaban J connectivity index is 2.76. The molecule has 0 aromatic heterocycles.